The van der Waals surface area contributed by atoms with E-state index in [-0.39, 0.29) is 6.61 Å². The average molecular weight is 292 g/mol. The SMILES string of the molecule is COc1ccc(CNCc2cn(CCO)nn2)c(OC)c1. The zero-order valence-electron chi connectivity index (χ0n) is 12.2. The first-order valence-corrected chi connectivity index (χ1v) is 6.68. The Morgan fingerprint density at radius 3 is 2.81 bits per heavy atom. The Morgan fingerprint density at radius 2 is 2.10 bits per heavy atom. The van der Waals surface area contributed by atoms with Gasteiger partial charge in [0.05, 0.1) is 33.1 Å². The van der Waals surface area contributed by atoms with Gasteiger partial charge in [-0.1, -0.05) is 11.3 Å². The number of rotatable bonds is 8. The molecule has 2 N–H and O–H groups in total. The maximum absolute atomic E-state index is 8.83. The van der Waals surface area contributed by atoms with Gasteiger partial charge < -0.3 is 19.9 Å². The van der Waals surface area contributed by atoms with Crippen molar-refractivity contribution in [2.75, 3.05) is 20.8 Å². The van der Waals surface area contributed by atoms with Crippen LogP contribution in [-0.2, 0) is 19.6 Å². The number of aliphatic hydroxyl groups is 1. The van der Waals surface area contributed by atoms with E-state index in [1.807, 2.05) is 24.4 Å². The summed E-state index contributed by atoms with van der Waals surface area (Å²) in [5.74, 6) is 1.55. The van der Waals surface area contributed by atoms with Crippen LogP contribution in [0.1, 0.15) is 11.3 Å². The number of nitrogens with one attached hydrogen (secondary N) is 1. The molecule has 7 heteroatoms. The van der Waals surface area contributed by atoms with E-state index in [0.717, 1.165) is 22.8 Å². The maximum atomic E-state index is 8.83. The van der Waals surface area contributed by atoms with E-state index in [2.05, 4.69) is 15.6 Å². The highest BCUT2D eigenvalue weighted by atomic mass is 16.5. The number of methoxy groups -OCH3 is 2. The fraction of sp³-hybridized carbons (Fsp3) is 0.429. The number of aromatic nitrogens is 3. The number of benzene rings is 1. The first-order chi connectivity index (χ1) is 10.3. The number of hydrogen-bond donors (Lipinski definition) is 2. The summed E-state index contributed by atoms with van der Waals surface area (Å²) in [5, 5.41) is 20.0. The van der Waals surface area contributed by atoms with Crippen LogP contribution in [0.4, 0.5) is 0 Å². The van der Waals surface area contributed by atoms with E-state index < -0.39 is 0 Å². The minimum atomic E-state index is 0.0548. The standard InChI is InChI=1S/C14H20N4O3/c1-20-13-4-3-11(14(7-13)21-2)8-15-9-12-10-18(5-6-19)17-16-12/h3-4,7,10,15,19H,5-6,8-9H2,1-2H3. The minimum Gasteiger partial charge on any atom is -0.497 e. The van der Waals surface area contributed by atoms with Gasteiger partial charge in [-0.2, -0.15) is 0 Å². The van der Waals surface area contributed by atoms with Gasteiger partial charge in [-0.25, -0.2) is 4.68 Å². The summed E-state index contributed by atoms with van der Waals surface area (Å²) in [6.45, 7) is 1.76. The zero-order chi connectivity index (χ0) is 15.1. The maximum Gasteiger partial charge on any atom is 0.127 e. The molecule has 0 amide bonds. The molecule has 0 aliphatic heterocycles. The van der Waals surface area contributed by atoms with Crippen LogP contribution in [0.2, 0.25) is 0 Å². The zero-order valence-corrected chi connectivity index (χ0v) is 12.2. The van der Waals surface area contributed by atoms with Crippen LogP contribution in [0.5, 0.6) is 11.5 Å². The lowest BCUT2D eigenvalue weighted by Crippen LogP contribution is -2.13. The Bertz CT molecular complexity index is 571. The van der Waals surface area contributed by atoms with E-state index >= 15 is 0 Å². The van der Waals surface area contributed by atoms with Gasteiger partial charge in [0.1, 0.15) is 11.5 Å². The number of hydrogen-bond acceptors (Lipinski definition) is 6. The third kappa shape index (κ3) is 4.17. The molecule has 0 unspecified atom stereocenters. The lowest BCUT2D eigenvalue weighted by molar-refractivity contribution is 0.268. The highest BCUT2D eigenvalue weighted by Crippen LogP contribution is 2.24. The molecule has 0 saturated carbocycles. The Kier molecular flexibility index (Phi) is 5.53. The van der Waals surface area contributed by atoms with E-state index in [1.165, 1.54) is 0 Å². The summed E-state index contributed by atoms with van der Waals surface area (Å²) >= 11 is 0. The van der Waals surface area contributed by atoms with E-state index in [4.69, 9.17) is 14.6 Å². The Morgan fingerprint density at radius 1 is 1.24 bits per heavy atom. The van der Waals surface area contributed by atoms with Gasteiger partial charge in [-0.3, -0.25) is 0 Å². The average Bonchev–Trinajstić information content (AvgIpc) is 2.95. The molecule has 0 radical (unpaired) electrons. The number of nitrogens with zero attached hydrogens (tertiary/aromatic N) is 3. The molecular formula is C14H20N4O3. The quantitative estimate of drug-likeness (QED) is 0.740. The predicted molar refractivity (Wildman–Crippen MR) is 77.2 cm³/mol. The highest BCUT2D eigenvalue weighted by Gasteiger charge is 2.05. The fourth-order valence-electron chi connectivity index (χ4n) is 1.95. The molecule has 0 atom stereocenters. The summed E-state index contributed by atoms with van der Waals surface area (Å²) in [4.78, 5) is 0. The van der Waals surface area contributed by atoms with Crippen LogP contribution in [0.3, 0.4) is 0 Å². The lowest BCUT2D eigenvalue weighted by atomic mass is 10.2. The molecule has 0 aliphatic carbocycles. The topological polar surface area (TPSA) is 81.4 Å². The van der Waals surface area contributed by atoms with E-state index in [0.29, 0.717) is 19.6 Å². The summed E-state index contributed by atoms with van der Waals surface area (Å²) in [7, 11) is 3.27. The first-order valence-electron chi connectivity index (χ1n) is 6.68. The van der Waals surface area contributed by atoms with Crippen molar-refractivity contribution in [3.63, 3.8) is 0 Å². The molecule has 114 valence electrons. The molecular weight excluding hydrogens is 272 g/mol. The monoisotopic (exact) mass is 292 g/mol. The normalized spacial score (nSPS) is 10.6. The summed E-state index contributed by atoms with van der Waals surface area (Å²) in [6, 6.07) is 5.72. The van der Waals surface area contributed by atoms with Crippen LogP contribution in [-0.4, -0.2) is 40.9 Å². The van der Waals surface area contributed by atoms with Gasteiger partial charge in [0.25, 0.3) is 0 Å². The van der Waals surface area contributed by atoms with Crippen molar-refractivity contribution in [2.45, 2.75) is 19.6 Å². The minimum absolute atomic E-state index is 0.0548. The molecule has 0 spiro atoms. The number of aliphatic hydroxyl groups excluding tert-OH is 1. The van der Waals surface area contributed by atoms with Gasteiger partial charge in [-0.15, -0.1) is 5.10 Å². The lowest BCUT2D eigenvalue weighted by Gasteiger charge is -2.10. The van der Waals surface area contributed by atoms with Gasteiger partial charge in [0, 0.05) is 30.9 Å². The molecule has 2 rings (SSSR count). The van der Waals surface area contributed by atoms with Gasteiger partial charge in [0.2, 0.25) is 0 Å². The van der Waals surface area contributed by atoms with Gasteiger partial charge in [-0.05, 0) is 6.07 Å². The largest absolute Gasteiger partial charge is 0.497 e. The van der Waals surface area contributed by atoms with Crippen LogP contribution < -0.4 is 14.8 Å². The Balaban J connectivity index is 1.90. The van der Waals surface area contributed by atoms with Crippen molar-refractivity contribution in [1.29, 1.82) is 0 Å². The molecule has 0 saturated heterocycles. The van der Waals surface area contributed by atoms with Crippen molar-refractivity contribution in [1.82, 2.24) is 20.3 Å². The molecule has 0 bridgehead atoms. The second-order valence-corrected chi connectivity index (χ2v) is 4.48. The molecule has 1 aromatic heterocycles. The first kappa shape index (κ1) is 15.3. The van der Waals surface area contributed by atoms with Crippen LogP contribution in [0, 0.1) is 0 Å². The Labute approximate surface area is 123 Å². The summed E-state index contributed by atoms with van der Waals surface area (Å²) in [5.41, 5.74) is 1.87. The van der Waals surface area contributed by atoms with Crippen molar-refractivity contribution in [3.8, 4) is 11.5 Å². The van der Waals surface area contributed by atoms with Crippen LogP contribution in [0.15, 0.2) is 24.4 Å². The van der Waals surface area contributed by atoms with E-state index in [9.17, 15) is 0 Å². The molecule has 0 fully saturated rings. The molecule has 21 heavy (non-hydrogen) atoms. The third-order valence-electron chi connectivity index (χ3n) is 3.03. The summed E-state index contributed by atoms with van der Waals surface area (Å²) < 4.78 is 12.1. The highest BCUT2D eigenvalue weighted by molar-refractivity contribution is 5.40. The molecule has 0 aliphatic rings. The van der Waals surface area contributed by atoms with Crippen molar-refractivity contribution in [2.24, 2.45) is 0 Å². The van der Waals surface area contributed by atoms with Crippen molar-refractivity contribution < 1.29 is 14.6 Å². The third-order valence-corrected chi connectivity index (χ3v) is 3.03. The number of ether oxygens (including phenoxy) is 2. The van der Waals surface area contributed by atoms with Crippen LogP contribution >= 0.6 is 0 Å². The van der Waals surface area contributed by atoms with Gasteiger partial charge in [0.15, 0.2) is 0 Å². The van der Waals surface area contributed by atoms with Crippen LogP contribution in [0.25, 0.3) is 0 Å². The van der Waals surface area contributed by atoms with Crippen molar-refractivity contribution >= 4 is 0 Å². The fourth-order valence-corrected chi connectivity index (χ4v) is 1.95. The molecule has 2 aromatic rings. The smallest absolute Gasteiger partial charge is 0.127 e. The second-order valence-electron chi connectivity index (χ2n) is 4.48. The predicted octanol–water partition coefficient (Wildman–Crippen LogP) is 0.577. The molecule has 1 heterocycles. The summed E-state index contributed by atoms with van der Waals surface area (Å²) in [6.07, 6.45) is 1.81. The second kappa shape index (κ2) is 7.61. The van der Waals surface area contributed by atoms with Crippen molar-refractivity contribution in [3.05, 3.63) is 35.7 Å². The molecule has 7 nitrogen and oxygen atoms in total. The van der Waals surface area contributed by atoms with E-state index in [1.54, 1.807) is 18.9 Å². The molecule has 1 aromatic carbocycles. The Hall–Kier alpha value is -2.12. The van der Waals surface area contributed by atoms with Gasteiger partial charge >= 0.3 is 0 Å².